The number of hydrogen-bond donors (Lipinski definition) is 1. The molecular weight excluding hydrogens is 336 g/mol. The van der Waals surface area contributed by atoms with Crippen LogP contribution in [0.2, 0.25) is 5.02 Å². The van der Waals surface area contributed by atoms with Crippen LogP contribution in [0.4, 0.5) is 5.82 Å². The molecule has 1 saturated heterocycles. The van der Waals surface area contributed by atoms with Gasteiger partial charge in [-0.1, -0.05) is 23.7 Å². The number of fused-ring (bicyclic) bond motifs is 1. The van der Waals surface area contributed by atoms with Crippen LogP contribution in [0.3, 0.4) is 0 Å². The lowest BCUT2D eigenvalue weighted by atomic mass is 10.1. The number of para-hydroxylation sites is 1. The van der Waals surface area contributed by atoms with Crippen LogP contribution < -0.4 is 10.6 Å². The lowest BCUT2D eigenvalue weighted by Crippen LogP contribution is -2.49. The van der Waals surface area contributed by atoms with Crippen LogP contribution in [0.15, 0.2) is 24.3 Å². The summed E-state index contributed by atoms with van der Waals surface area (Å²) in [4.78, 5) is 21.3. The predicted octanol–water partition coefficient (Wildman–Crippen LogP) is 2.97. The van der Waals surface area contributed by atoms with E-state index in [-0.39, 0.29) is 12.0 Å². The van der Waals surface area contributed by atoms with Gasteiger partial charge in [-0.25, -0.2) is 4.98 Å². The van der Waals surface area contributed by atoms with Crippen molar-refractivity contribution in [2.45, 2.75) is 25.8 Å². The SMILES string of the molecule is CC(N)c1cc2cccc(Cl)c2nc1N1CCN(C(=O)C2CC2)CC1. The lowest BCUT2D eigenvalue weighted by Gasteiger charge is -2.37. The summed E-state index contributed by atoms with van der Waals surface area (Å²) < 4.78 is 0. The van der Waals surface area contributed by atoms with Crippen molar-refractivity contribution >= 4 is 34.2 Å². The van der Waals surface area contributed by atoms with Gasteiger partial charge >= 0.3 is 0 Å². The minimum atomic E-state index is -0.114. The van der Waals surface area contributed by atoms with E-state index in [1.165, 1.54) is 0 Å². The molecule has 2 aliphatic rings. The monoisotopic (exact) mass is 358 g/mol. The number of amides is 1. The fourth-order valence-corrected chi connectivity index (χ4v) is 3.71. The molecule has 6 heteroatoms. The molecule has 1 aromatic carbocycles. The molecule has 1 amide bonds. The summed E-state index contributed by atoms with van der Waals surface area (Å²) >= 11 is 6.34. The van der Waals surface area contributed by atoms with Crippen molar-refractivity contribution in [3.05, 3.63) is 34.9 Å². The quantitative estimate of drug-likeness (QED) is 0.916. The summed E-state index contributed by atoms with van der Waals surface area (Å²) in [6, 6.07) is 7.78. The molecule has 0 bridgehead atoms. The Balaban J connectivity index is 1.63. The Morgan fingerprint density at radius 2 is 2.00 bits per heavy atom. The molecule has 2 heterocycles. The van der Waals surface area contributed by atoms with Crippen molar-refractivity contribution in [3.8, 4) is 0 Å². The molecule has 25 heavy (non-hydrogen) atoms. The highest BCUT2D eigenvalue weighted by molar-refractivity contribution is 6.35. The fraction of sp³-hybridized carbons (Fsp3) is 0.474. The first kappa shape index (κ1) is 16.6. The van der Waals surface area contributed by atoms with Gasteiger partial charge in [0, 0.05) is 49.1 Å². The molecule has 1 atom stereocenters. The molecule has 5 nitrogen and oxygen atoms in total. The second-order valence-electron chi connectivity index (χ2n) is 7.09. The highest BCUT2D eigenvalue weighted by Gasteiger charge is 2.35. The fourth-order valence-electron chi connectivity index (χ4n) is 3.48. The van der Waals surface area contributed by atoms with Crippen molar-refractivity contribution in [1.82, 2.24) is 9.88 Å². The molecule has 1 aromatic heterocycles. The lowest BCUT2D eigenvalue weighted by molar-refractivity contribution is -0.132. The number of rotatable bonds is 3. The number of carbonyl (C=O) groups excluding carboxylic acids is 1. The standard InChI is InChI=1S/C19H23ClN4O/c1-12(21)15-11-14-3-2-4-16(20)17(14)22-18(15)23-7-9-24(10-8-23)19(25)13-5-6-13/h2-4,11-13H,5-10,21H2,1H3. The van der Waals surface area contributed by atoms with Gasteiger partial charge in [-0.3, -0.25) is 4.79 Å². The number of carbonyl (C=O) groups is 1. The van der Waals surface area contributed by atoms with Gasteiger partial charge in [0.25, 0.3) is 0 Å². The molecule has 2 aromatic rings. The van der Waals surface area contributed by atoms with Crippen molar-refractivity contribution < 1.29 is 4.79 Å². The third-order valence-electron chi connectivity index (χ3n) is 5.11. The van der Waals surface area contributed by atoms with E-state index >= 15 is 0 Å². The van der Waals surface area contributed by atoms with E-state index in [9.17, 15) is 4.79 Å². The minimum Gasteiger partial charge on any atom is -0.353 e. The molecule has 2 N–H and O–H groups in total. The largest absolute Gasteiger partial charge is 0.353 e. The topological polar surface area (TPSA) is 62.5 Å². The molecule has 1 aliphatic heterocycles. The van der Waals surface area contributed by atoms with Gasteiger partial charge in [0.15, 0.2) is 0 Å². The number of pyridine rings is 1. The van der Waals surface area contributed by atoms with Crippen LogP contribution in [0.5, 0.6) is 0 Å². The van der Waals surface area contributed by atoms with Gasteiger partial charge in [-0.2, -0.15) is 0 Å². The maximum absolute atomic E-state index is 12.3. The Bertz CT molecular complexity index is 810. The number of piperazine rings is 1. The van der Waals surface area contributed by atoms with Crippen LogP contribution in [0, 0.1) is 5.92 Å². The number of hydrogen-bond acceptors (Lipinski definition) is 4. The molecule has 4 rings (SSSR count). The summed E-state index contributed by atoms with van der Waals surface area (Å²) in [6.07, 6.45) is 2.11. The van der Waals surface area contributed by atoms with Gasteiger partial charge < -0.3 is 15.5 Å². The van der Waals surface area contributed by atoms with Crippen molar-refractivity contribution in [2.24, 2.45) is 11.7 Å². The highest BCUT2D eigenvalue weighted by Crippen LogP contribution is 2.33. The molecule has 1 saturated carbocycles. The first-order valence-corrected chi connectivity index (χ1v) is 9.31. The first-order valence-electron chi connectivity index (χ1n) is 8.93. The van der Waals surface area contributed by atoms with Crippen LogP contribution in [-0.4, -0.2) is 42.0 Å². The molecular formula is C19H23ClN4O. The molecule has 0 radical (unpaired) electrons. The molecule has 1 aliphatic carbocycles. The van der Waals surface area contributed by atoms with Crippen LogP contribution in [-0.2, 0) is 4.79 Å². The zero-order valence-electron chi connectivity index (χ0n) is 14.4. The zero-order valence-corrected chi connectivity index (χ0v) is 15.2. The number of anilines is 1. The van der Waals surface area contributed by atoms with E-state index in [4.69, 9.17) is 22.3 Å². The Hall–Kier alpha value is -1.85. The minimum absolute atomic E-state index is 0.114. The number of nitrogens with zero attached hydrogens (tertiary/aromatic N) is 3. The van der Waals surface area contributed by atoms with E-state index in [1.54, 1.807) is 0 Å². The summed E-state index contributed by atoms with van der Waals surface area (Å²) in [5, 5.41) is 1.66. The second kappa shape index (κ2) is 6.46. The highest BCUT2D eigenvalue weighted by atomic mass is 35.5. The maximum Gasteiger partial charge on any atom is 0.225 e. The van der Waals surface area contributed by atoms with E-state index in [0.717, 1.165) is 61.3 Å². The van der Waals surface area contributed by atoms with Gasteiger partial charge in [0.05, 0.1) is 10.5 Å². The number of nitrogens with two attached hydrogens (primary N) is 1. The number of aromatic nitrogens is 1. The van der Waals surface area contributed by atoms with E-state index in [0.29, 0.717) is 10.9 Å². The van der Waals surface area contributed by atoms with Gasteiger partial charge in [0.2, 0.25) is 5.91 Å². The summed E-state index contributed by atoms with van der Waals surface area (Å²) in [7, 11) is 0. The summed E-state index contributed by atoms with van der Waals surface area (Å²) in [6.45, 7) is 5.03. The summed E-state index contributed by atoms with van der Waals surface area (Å²) in [5.41, 5.74) is 8.04. The zero-order chi connectivity index (χ0) is 17.6. The van der Waals surface area contributed by atoms with Crippen molar-refractivity contribution in [2.75, 3.05) is 31.1 Å². The Kier molecular flexibility index (Phi) is 4.29. The second-order valence-corrected chi connectivity index (χ2v) is 7.50. The molecule has 0 spiro atoms. The normalized spacial score (nSPS) is 19.3. The van der Waals surface area contributed by atoms with Gasteiger partial charge in [0.1, 0.15) is 5.82 Å². The maximum atomic E-state index is 12.3. The van der Waals surface area contributed by atoms with Crippen molar-refractivity contribution in [3.63, 3.8) is 0 Å². The smallest absolute Gasteiger partial charge is 0.225 e. The average molecular weight is 359 g/mol. The third-order valence-corrected chi connectivity index (χ3v) is 5.42. The third kappa shape index (κ3) is 3.18. The van der Waals surface area contributed by atoms with Crippen LogP contribution >= 0.6 is 11.6 Å². The predicted molar refractivity (Wildman–Crippen MR) is 101 cm³/mol. The molecule has 132 valence electrons. The number of halogens is 1. The van der Waals surface area contributed by atoms with Crippen molar-refractivity contribution in [1.29, 1.82) is 0 Å². The van der Waals surface area contributed by atoms with E-state index in [2.05, 4.69) is 11.0 Å². The van der Waals surface area contributed by atoms with Crippen LogP contribution in [0.1, 0.15) is 31.4 Å². The Morgan fingerprint density at radius 1 is 1.28 bits per heavy atom. The molecule has 2 fully saturated rings. The van der Waals surface area contributed by atoms with Gasteiger partial charge in [-0.05, 0) is 31.9 Å². The van der Waals surface area contributed by atoms with E-state index in [1.807, 2.05) is 30.0 Å². The number of benzene rings is 1. The van der Waals surface area contributed by atoms with E-state index < -0.39 is 0 Å². The van der Waals surface area contributed by atoms with Gasteiger partial charge in [-0.15, -0.1) is 0 Å². The van der Waals surface area contributed by atoms with Crippen LogP contribution in [0.25, 0.3) is 10.9 Å². The summed E-state index contributed by atoms with van der Waals surface area (Å²) in [5.74, 6) is 1.50. The Morgan fingerprint density at radius 3 is 2.64 bits per heavy atom. The molecule has 1 unspecified atom stereocenters. The first-order chi connectivity index (χ1) is 12.0. The average Bonchev–Trinajstić information content (AvgIpc) is 3.46. The Labute approximate surface area is 152 Å².